The maximum absolute atomic E-state index is 9.73. The molecule has 8 atom stereocenters. The third-order valence-electron chi connectivity index (χ3n) is 3.91. The molecule has 20 heteroatoms. The van der Waals surface area contributed by atoms with Crippen molar-refractivity contribution in [2.75, 3.05) is 0 Å². The first-order valence-electron chi connectivity index (χ1n) is 10.3. The van der Waals surface area contributed by atoms with Crippen molar-refractivity contribution >= 4 is 50.3 Å². The highest BCUT2D eigenvalue weighted by molar-refractivity contribution is 5.64. The first-order valence-corrected chi connectivity index (χ1v) is 10.3. The number of hydrogen-bond donors (Lipinski definition) is 12. The lowest BCUT2D eigenvalue weighted by atomic mass is 10.1. The van der Waals surface area contributed by atoms with Gasteiger partial charge in [-0.1, -0.05) is 0 Å². The van der Waals surface area contributed by atoms with E-state index in [2.05, 4.69) is 0 Å². The molecule has 0 aromatic rings. The molecule has 0 spiro atoms. The minimum atomic E-state index is -1.73. The fourth-order valence-corrected chi connectivity index (χ4v) is 1.45. The average molecular weight is 592 g/mol. The number of aliphatic hydroxyl groups excluding tert-OH is 12. The first kappa shape index (κ1) is 43.9. The Morgan fingerprint density at radius 1 is 0.225 bits per heavy atom. The van der Waals surface area contributed by atoms with Crippen LogP contribution >= 0.6 is 0 Å². The van der Waals surface area contributed by atoms with Gasteiger partial charge < -0.3 is 99.6 Å². The molecule has 232 valence electrons. The third kappa shape index (κ3) is 19.9. The summed E-state index contributed by atoms with van der Waals surface area (Å²) in [6.45, 7) is 0. The van der Waals surface area contributed by atoms with Crippen LogP contribution < -0.4 is 0 Å². The lowest BCUT2D eigenvalue weighted by Gasteiger charge is -2.13. The minimum Gasteiger partial charge on any atom is -0.387 e. The standard InChI is InChI=1S/4C5H8O5/c4*6-1-3(8)5(10)4(9)2-7/h4*1-5,8-10H. The van der Waals surface area contributed by atoms with Gasteiger partial charge >= 0.3 is 0 Å². The lowest BCUT2D eigenvalue weighted by molar-refractivity contribution is -0.134. The fourth-order valence-electron chi connectivity index (χ4n) is 1.45. The second-order valence-electron chi connectivity index (χ2n) is 6.98. The predicted octanol–water partition coefficient (Wildman–Crippen LogP) is -10.1. The number of carbonyl (C=O) groups excluding carboxylic acids is 8. The van der Waals surface area contributed by atoms with Crippen molar-refractivity contribution in [3.05, 3.63) is 0 Å². The van der Waals surface area contributed by atoms with E-state index < -0.39 is 73.2 Å². The zero-order valence-electron chi connectivity index (χ0n) is 20.2. The third-order valence-corrected chi connectivity index (χ3v) is 3.91. The average Bonchev–Trinajstić information content (AvgIpc) is 3.00. The van der Waals surface area contributed by atoms with Gasteiger partial charge in [0.2, 0.25) is 0 Å². The second kappa shape index (κ2) is 26.1. The molecule has 0 bridgehead atoms. The molecule has 40 heavy (non-hydrogen) atoms. The molecule has 0 aromatic heterocycles. The number of rotatable bonds is 16. The minimum absolute atomic E-state index is 0.0391. The van der Waals surface area contributed by atoms with Crippen LogP contribution in [0.15, 0.2) is 0 Å². The van der Waals surface area contributed by atoms with Gasteiger partial charge in [0, 0.05) is 0 Å². The molecular formula is C20H32O20. The molecule has 0 saturated carbocycles. The van der Waals surface area contributed by atoms with Crippen molar-refractivity contribution in [1.29, 1.82) is 0 Å². The fraction of sp³-hybridized carbons (Fsp3) is 0.600. The maximum atomic E-state index is 9.73. The van der Waals surface area contributed by atoms with E-state index in [4.69, 9.17) is 61.3 Å². The van der Waals surface area contributed by atoms with Crippen LogP contribution in [0.25, 0.3) is 0 Å². The van der Waals surface area contributed by atoms with E-state index in [0.717, 1.165) is 0 Å². The van der Waals surface area contributed by atoms with Gasteiger partial charge in [0.25, 0.3) is 0 Å². The van der Waals surface area contributed by atoms with E-state index in [1.807, 2.05) is 0 Å². The van der Waals surface area contributed by atoms with Gasteiger partial charge in [0.15, 0.2) is 50.3 Å². The molecular weight excluding hydrogens is 560 g/mol. The predicted molar refractivity (Wildman–Crippen MR) is 121 cm³/mol. The van der Waals surface area contributed by atoms with Crippen molar-refractivity contribution in [3.63, 3.8) is 0 Å². The molecule has 0 rings (SSSR count). The molecule has 0 aliphatic carbocycles. The molecule has 8 unspecified atom stereocenters. The van der Waals surface area contributed by atoms with E-state index >= 15 is 0 Å². The summed E-state index contributed by atoms with van der Waals surface area (Å²) >= 11 is 0. The molecule has 0 saturated heterocycles. The van der Waals surface area contributed by atoms with Crippen LogP contribution in [-0.2, 0) is 38.4 Å². The first-order chi connectivity index (χ1) is 18.5. The molecule has 20 nitrogen and oxygen atoms in total. The maximum Gasteiger partial charge on any atom is 0.151 e. The molecule has 0 heterocycles. The van der Waals surface area contributed by atoms with Gasteiger partial charge in [-0.25, -0.2) is 0 Å². The number of aliphatic hydroxyl groups is 12. The molecule has 12 N–H and O–H groups in total. The second-order valence-corrected chi connectivity index (χ2v) is 6.98. The Bertz CT molecular complexity index is 557. The summed E-state index contributed by atoms with van der Waals surface area (Å²) in [5.74, 6) is 0. The van der Waals surface area contributed by atoms with E-state index in [1.165, 1.54) is 0 Å². The van der Waals surface area contributed by atoms with Crippen LogP contribution in [0, 0.1) is 0 Å². The van der Waals surface area contributed by atoms with Crippen molar-refractivity contribution < 1.29 is 99.6 Å². The van der Waals surface area contributed by atoms with Crippen LogP contribution in [-0.4, -0.2) is 185 Å². The Kier molecular flexibility index (Phi) is 28.7. The summed E-state index contributed by atoms with van der Waals surface area (Å²) in [5, 5.41) is 102. The Morgan fingerprint density at radius 2 is 0.300 bits per heavy atom. The van der Waals surface area contributed by atoms with E-state index in [1.54, 1.807) is 0 Å². The Morgan fingerprint density at radius 3 is 0.350 bits per heavy atom. The van der Waals surface area contributed by atoms with Crippen LogP contribution in [0.1, 0.15) is 0 Å². The Hall–Kier alpha value is -3.12. The van der Waals surface area contributed by atoms with Gasteiger partial charge in [-0.2, -0.15) is 0 Å². The highest BCUT2D eigenvalue weighted by Crippen LogP contribution is 1.96. The highest BCUT2D eigenvalue weighted by atomic mass is 16.4. The van der Waals surface area contributed by atoms with E-state index in [9.17, 15) is 38.4 Å². The van der Waals surface area contributed by atoms with Crippen LogP contribution in [0.5, 0.6) is 0 Å². The van der Waals surface area contributed by atoms with Crippen LogP contribution in [0.2, 0.25) is 0 Å². The molecule has 0 fully saturated rings. The summed E-state index contributed by atoms with van der Waals surface area (Å²) in [6.07, 6.45) is -20.3. The van der Waals surface area contributed by atoms with Crippen molar-refractivity contribution in [1.82, 2.24) is 0 Å². The summed E-state index contributed by atoms with van der Waals surface area (Å²) in [4.78, 5) is 77.8. The van der Waals surface area contributed by atoms with E-state index in [-0.39, 0.29) is 50.3 Å². The highest BCUT2D eigenvalue weighted by Gasteiger charge is 2.25. The van der Waals surface area contributed by atoms with Crippen molar-refractivity contribution in [2.24, 2.45) is 0 Å². The van der Waals surface area contributed by atoms with E-state index in [0.29, 0.717) is 0 Å². The van der Waals surface area contributed by atoms with Gasteiger partial charge in [-0.3, -0.25) is 0 Å². The van der Waals surface area contributed by atoms with Gasteiger partial charge in [0.05, 0.1) is 0 Å². The Balaban J connectivity index is -0.000000216. The largest absolute Gasteiger partial charge is 0.387 e. The number of aldehydes is 8. The molecule has 0 radical (unpaired) electrons. The summed E-state index contributed by atoms with van der Waals surface area (Å²) in [5.41, 5.74) is 0. The Labute approximate surface area is 224 Å². The lowest BCUT2D eigenvalue weighted by Crippen LogP contribution is -2.39. The van der Waals surface area contributed by atoms with Crippen LogP contribution in [0.3, 0.4) is 0 Å². The smallest absolute Gasteiger partial charge is 0.151 e. The molecule has 0 amide bonds. The monoisotopic (exact) mass is 592 g/mol. The zero-order valence-corrected chi connectivity index (χ0v) is 20.2. The van der Waals surface area contributed by atoms with Gasteiger partial charge in [-0.15, -0.1) is 0 Å². The van der Waals surface area contributed by atoms with Gasteiger partial charge in [0.1, 0.15) is 73.2 Å². The summed E-state index contributed by atoms with van der Waals surface area (Å²) in [7, 11) is 0. The quantitative estimate of drug-likeness (QED) is 0.0739. The summed E-state index contributed by atoms with van der Waals surface area (Å²) in [6, 6.07) is 0. The van der Waals surface area contributed by atoms with Crippen molar-refractivity contribution in [3.8, 4) is 0 Å². The molecule has 0 aromatic carbocycles. The summed E-state index contributed by atoms with van der Waals surface area (Å²) < 4.78 is 0. The topological polar surface area (TPSA) is 379 Å². The molecule has 0 aliphatic rings. The molecule has 0 aliphatic heterocycles. The number of hydrogen-bond acceptors (Lipinski definition) is 20. The number of carbonyl (C=O) groups is 8. The van der Waals surface area contributed by atoms with Gasteiger partial charge in [-0.05, 0) is 0 Å². The van der Waals surface area contributed by atoms with Crippen molar-refractivity contribution in [2.45, 2.75) is 73.2 Å². The SMILES string of the molecule is O=CC(O)C(O)C(O)C=O.O=CC(O)C(O)C(O)C=O.O=CC(O)C(O)C(O)C=O.O=CC(O)C(O)C(O)C=O. The zero-order chi connectivity index (χ0) is 32.6. The van der Waals surface area contributed by atoms with Crippen LogP contribution in [0.4, 0.5) is 0 Å². The normalized spacial score (nSPS) is 19.1.